The summed E-state index contributed by atoms with van der Waals surface area (Å²) in [5.41, 5.74) is 0.324. The van der Waals surface area contributed by atoms with Crippen LogP contribution >= 0.6 is 0 Å². The summed E-state index contributed by atoms with van der Waals surface area (Å²) in [5.74, 6) is 0.447. The van der Waals surface area contributed by atoms with Gasteiger partial charge in [0.15, 0.2) is 0 Å². The molecule has 0 aromatic rings. The molecule has 32 heavy (non-hydrogen) atoms. The maximum absolute atomic E-state index is 11.8. The fourth-order valence-electron chi connectivity index (χ4n) is 3.79. The smallest absolute Gasteiger partial charge is 0.305 e. The lowest BCUT2D eigenvalue weighted by Crippen LogP contribution is -2.14. The fourth-order valence-corrected chi connectivity index (χ4v) is 3.79. The molecule has 0 rings (SSSR count). The van der Waals surface area contributed by atoms with E-state index in [9.17, 15) is 4.79 Å². The van der Waals surface area contributed by atoms with Crippen LogP contribution in [0.3, 0.4) is 0 Å². The predicted octanol–water partition coefficient (Wildman–Crippen LogP) is 6.96. The van der Waals surface area contributed by atoms with Gasteiger partial charge in [-0.05, 0) is 37.0 Å². The van der Waals surface area contributed by atoms with Crippen LogP contribution in [0, 0.1) is 11.3 Å². The van der Waals surface area contributed by atoms with Gasteiger partial charge in [-0.2, -0.15) is 0 Å². The number of unbranched alkanes of at least 4 members (excludes halogenated alkanes) is 7. The van der Waals surface area contributed by atoms with Crippen molar-refractivity contribution >= 4 is 5.97 Å². The molecule has 0 radical (unpaired) electrons. The average Bonchev–Trinajstić information content (AvgIpc) is 2.71. The molecule has 0 saturated heterocycles. The summed E-state index contributed by atoms with van der Waals surface area (Å²) in [5, 5.41) is 0. The third-order valence-electron chi connectivity index (χ3n) is 5.39. The highest BCUT2D eigenvalue weighted by Gasteiger charge is 2.15. The van der Waals surface area contributed by atoms with E-state index in [0.717, 1.165) is 25.9 Å². The molecule has 0 heterocycles. The second-order valence-electron chi connectivity index (χ2n) is 10.3. The van der Waals surface area contributed by atoms with E-state index < -0.39 is 0 Å². The first-order chi connectivity index (χ1) is 15.3. The van der Waals surface area contributed by atoms with Crippen LogP contribution in [0.25, 0.3) is 0 Å². The van der Waals surface area contributed by atoms with E-state index in [0.29, 0.717) is 63.8 Å². The van der Waals surface area contributed by atoms with Crippen LogP contribution < -0.4 is 0 Å². The minimum absolute atomic E-state index is 0.124. The molecule has 1 unspecified atom stereocenters. The summed E-state index contributed by atoms with van der Waals surface area (Å²) >= 11 is 0. The van der Waals surface area contributed by atoms with Crippen molar-refractivity contribution in [2.45, 2.75) is 112 Å². The molecule has 5 heteroatoms. The van der Waals surface area contributed by atoms with Crippen LogP contribution in [-0.4, -0.2) is 52.2 Å². The van der Waals surface area contributed by atoms with Crippen molar-refractivity contribution in [2.24, 2.45) is 11.3 Å². The Balaban J connectivity index is 3.23. The Kier molecular flexibility index (Phi) is 21.7. The molecule has 1 atom stereocenters. The Bertz CT molecular complexity index is 405. The van der Waals surface area contributed by atoms with Crippen LogP contribution in [0.15, 0.2) is 0 Å². The standard InChI is InChI=1S/C27H54O5/c1-6-7-8-9-10-11-12-13-17-29-20-22-31-23-21-30-18-14-15-26(28)32-19-16-25(2)24-27(3,4)5/h25H,6-24H2,1-5H3. The number of rotatable bonds is 23. The molecular weight excluding hydrogens is 404 g/mol. The molecule has 0 amide bonds. The minimum atomic E-state index is -0.124. The molecule has 0 saturated carbocycles. The van der Waals surface area contributed by atoms with Crippen molar-refractivity contribution < 1.29 is 23.7 Å². The topological polar surface area (TPSA) is 54.0 Å². The van der Waals surface area contributed by atoms with E-state index >= 15 is 0 Å². The molecule has 0 aromatic heterocycles. The van der Waals surface area contributed by atoms with Crippen molar-refractivity contribution in [2.75, 3.05) is 46.2 Å². The quantitative estimate of drug-likeness (QED) is 0.122. The Labute approximate surface area is 199 Å². The van der Waals surface area contributed by atoms with Gasteiger partial charge in [0.1, 0.15) is 0 Å². The highest BCUT2D eigenvalue weighted by molar-refractivity contribution is 5.69. The third-order valence-corrected chi connectivity index (χ3v) is 5.39. The first kappa shape index (κ1) is 31.4. The van der Waals surface area contributed by atoms with Gasteiger partial charge in [-0.15, -0.1) is 0 Å². The number of ether oxygens (including phenoxy) is 4. The lowest BCUT2D eigenvalue weighted by atomic mass is 9.84. The predicted molar refractivity (Wildman–Crippen MR) is 133 cm³/mol. The van der Waals surface area contributed by atoms with E-state index in [2.05, 4.69) is 34.6 Å². The first-order valence-corrected chi connectivity index (χ1v) is 13.2. The number of carbonyl (C=O) groups is 1. The zero-order valence-electron chi connectivity index (χ0n) is 22.1. The van der Waals surface area contributed by atoms with Crippen LogP contribution in [-0.2, 0) is 23.7 Å². The lowest BCUT2D eigenvalue weighted by Gasteiger charge is -2.22. The summed E-state index contributed by atoms with van der Waals surface area (Å²) < 4.78 is 22.0. The van der Waals surface area contributed by atoms with Gasteiger partial charge in [0.2, 0.25) is 0 Å². The Morgan fingerprint density at radius 1 is 0.688 bits per heavy atom. The second-order valence-corrected chi connectivity index (χ2v) is 10.3. The largest absolute Gasteiger partial charge is 0.466 e. The zero-order valence-corrected chi connectivity index (χ0v) is 22.1. The van der Waals surface area contributed by atoms with Gasteiger partial charge in [-0.1, -0.05) is 79.6 Å². The Morgan fingerprint density at radius 2 is 1.19 bits per heavy atom. The highest BCUT2D eigenvalue weighted by Crippen LogP contribution is 2.25. The van der Waals surface area contributed by atoms with E-state index in [-0.39, 0.29) is 5.97 Å². The summed E-state index contributed by atoms with van der Waals surface area (Å²) in [6.45, 7) is 15.5. The molecular formula is C27H54O5. The van der Waals surface area contributed by atoms with Crippen LogP contribution in [0.1, 0.15) is 112 Å². The van der Waals surface area contributed by atoms with Crippen molar-refractivity contribution in [1.82, 2.24) is 0 Å². The number of hydrogen-bond donors (Lipinski definition) is 0. The molecule has 0 fully saturated rings. The van der Waals surface area contributed by atoms with Gasteiger partial charge in [-0.25, -0.2) is 0 Å². The molecule has 0 aliphatic rings. The monoisotopic (exact) mass is 458 g/mol. The highest BCUT2D eigenvalue weighted by atomic mass is 16.5. The summed E-state index contributed by atoms with van der Waals surface area (Å²) in [4.78, 5) is 11.8. The van der Waals surface area contributed by atoms with Gasteiger partial charge in [0, 0.05) is 19.6 Å². The van der Waals surface area contributed by atoms with Gasteiger partial charge in [-0.3, -0.25) is 4.79 Å². The lowest BCUT2D eigenvalue weighted by molar-refractivity contribution is -0.144. The van der Waals surface area contributed by atoms with Gasteiger partial charge < -0.3 is 18.9 Å². The number of carbonyl (C=O) groups excluding carboxylic acids is 1. The Hall–Kier alpha value is -0.650. The van der Waals surface area contributed by atoms with Gasteiger partial charge in [0.05, 0.1) is 33.0 Å². The van der Waals surface area contributed by atoms with E-state index in [1.807, 2.05) is 0 Å². The molecule has 0 N–H and O–H groups in total. The van der Waals surface area contributed by atoms with Crippen LogP contribution in [0.4, 0.5) is 0 Å². The van der Waals surface area contributed by atoms with Crippen LogP contribution in [0.2, 0.25) is 0 Å². The third kappa shape index (κ3) is 25.6. The van der Waals surface area contributed by atoms with Crippen molar-refractivity contribution in [3.05, 3.63) is 0 Å². The average molecular weight is 459 g/mol. The Morgan fingerprint density at radius 3 is 1.75 bits per heavy atom. The molecule has 0 bridgehead atoms. The van der Waals surface area contributed by atoms with Gasteiger partial charge >= 0.3 is 5.97 Å². The van der Waals surface area contributed by atoms with Crippen molar-refractivity contribution in [3.8, 4) is 0 Å². The first-order valence-electron chi connectivity index (χ1n) is 13.2. The van der Waals surface area contributed by atoms with Crippen LogP contribution in [0.5, 0.6) is 0 Å². The molecule has 0 aromatic carbocycles. The molecule has 0 aliphatic heterocycles. The fraction of sp³-hybridized carbons (Fsp3) is 0.963. The maximum Gasteiger partial charge on any atom is 0.305 e. The van der Waals surface area contributed by atoms with Crippen molar-refractivity contribution in [1.29, 1.82) is 0 Å². The maximum atomic E-state index is 11.8. The molecule has 192 valence electrons. The normalized spacial score (nSPS) is 12.8. The molecule has 0 spiro atoms. The SMILES string of the molecule is CCCCCCCCCCOCCOCCOCCCC(=O)OCCC(C)CC(C)(C)C. The van der Waals surface area contributed by atoms with Gasteiger partial charge in [0.25, 0.3) is 0 Å². The zero-order chi connectivity index (χ0) is 23.9. The molecule has 5 nitrogen and oxygen atoms in total. The number of esters is 1. The van der Waals surface area contributed by atoms with Crippen molar-refractivity contribution in [3.63, 3.8) is 0 Å². The van der Waals surface area contributed by atoms with E-state index in [1.54, 1.807) is 0 Å². The number of hydrogen-bond acceptors (Lipinski definition) is 5. The second kappa shape index (κ2) is 22.2. The summed E-state index contributed by atoms with van der Waals surface area (Å²) in [6, 6.07) is 0. The minimum Gasteiger partial charge on any atom is -0.466 e. The summed E-state index contributed by atoms with van der Waals surface area (Å²) in [7, 11) is 0. The summed E-state index contributed by atoms with van der Waals surface area (Å²) in [6.07, 6.45) is 13.8. The molecule has 0 aliphatic carbocycles. The van der Waals surface area contributed by atoms with E-state index in [4.69, 9.17) is 18.9 Å². The van der Waals surface area contributed by atoms with E-state index in [1.165, 1.54) is 44.9 Å².